The van der Waals surface area contributed by atoms with Crippen LogP contribution in [0.1, 0.15) is 51.4 Å². The van der Waals surface area contributed by atoms with Crippen LogP contribution in [0.5, 0.6) is 0 Å². The molecular weight excluding hydrogens is 232 g/mol. The van der Waals surface area contributed by atoms with Gasteiger partial charge in [-0.25, -0.2) is 0 Å². The minimum absolute atomic E-state index is 0. The molecule has 3 fully saturated rings. The minimum Gasteiger partial charge on any atom is -0.314 e. The Morgan fingerprint density at radius 3 is 2.47 bits per heavy atom. The number of nitrogens with one attached hydrogen (secondary N) is 1. The average molecular weight is 259 g/mol. The lowest BCUT2D eigenvalue weighted by Gasteiger charge is -2.51. The van der Waals surface area contributed by atoms with Crippen molar-refractivity contribution >= 4 is 12.4 Å². The van der Waals surface area contributed by atoms with Gasteiger partial charge in [-0.15, -0.1) is 12.4 Å². The van der Waals surface area contributed by atoms with Gasteiger partial charge in [0.15, 0.2) is 0 Å². The van der Waals surface area contributed by atoms with Crippen LogP contribution in [0.4, 0.5) is 0 Å². The summed E-state index contributed by atoms with van der Waals surface area (Å²) in [6.45, 7) is 5.19. The minimum atomic E-state index is 0. The van der Waals surface area contributed by atoms with Crippen molar-refractivity contribution in [1.82, 2.24) is 10.2 Å². The SMILES string of the molecule is C1CCC2(CC1)CNCCN2CC1CCC1.Cl. The number of piperazine rings is 1. The molecule has 1 saturated heterocycles. The van der Waals surface area contributed by atoms with Gasteiger partial charge >= 0.3 is 0 Å². The van der Waals surface area contributed by atoms with Gasteiger partial charge in [-0.2, -0.15) is 0 Å². The molecule has 0 radical (unpaired) electrons. The van der Waals surface area contributed by atoms with Gasteiger partial charge in [0.1, 0.15) is 0 Å². The maximum absolute atomic E-state index is 3.64. The van der Waals surface area contributed by atoms with Crippen LogP contribution in [0, 0.1) is 5.92 Å². The standard InChI is InChI=1S/C14H26N2.ClH/c1-2-7-14(8-3-1)12-15-9-10-16(14)11-13-5-4-6-13;/h13,15H,1-12H2;1H. The van der Waals surface area contributed by atoms with Gasteiger partial charge < -0.3 is 5.32 Å². The number of halogens is 1. The molecule has 0 aromatic rings. The second-order valence-corrected chi connectivity index (χ2v) is 6.20. The van der Waals surface area contributed by atoms with E-state index in [2.05, 4.69) is 10.2 Å². The van der Waals surface area contributed by atoms with E-state index in [1.165, 1.54) is 77.5 Å². The van der Waals surface area contributed by atoms with E-state index in [1.54, 1.807) is 0 Å². The Kier molecular flexibility index (Phi) is 4.73. The van der Waals surface area contributed by atoms with Crippen LogP contribution >= 0.6 is 12.4 Å². The average Bonchev–Trinajstić information content (AvgIpc) is 2.27. The highest BCUT2D eigenvalue weighted by Crippen LogP contribution is 2.37. The number of hydrogen-bond donors (Lipinski definition) is 1. The van der Waals surface area contributed by atoms with Crippen LogP contribution in [-0.2, 0) is 0 Å². The molecular formula is C14H27ClN2. The van der Waals surface area contributed by atoms with Crippen molar-refractivity contribution in [2.75, 3.05) is 26.2 Å². The van der Waals surface area contributed by atoms with Crippen LogP contribution < -0.4 is 5.32 Å². The van der Waals surface area contributed by atoms with E-state index in [0.29, 0.717) is 5.54 Å². The lowest BCUT2D eigenvalue weighted by molar-refractivity contribution is 0.00545. The zero-order valence-corrected chi connectivity index (χ0v) is 11.7. The van der Waals surface area contributed by atoms with Crippen molar-refractivity contribution in [2.45, 2.75) is 56.9 Å². The Morgan fingerprint density at radius 2 is 1.82 bits per heavy atom. The maximum atomic E-state index is 3.64. The molecule has 17 heavy (non-hydrogen) atoms. The first-order chi connectivity index (χ1) is 7.89. The molecule has 0 aromatic carbocycles. The third-order valence-corrected chi connectivity index (χ3v) is 5.17. The predicted octanol–water partition coefficient (Wildman–Crippen LogP) is 2.82. The number of rotatable bonds is 2. The second kappa shape index (κ2) is 5.90. The molecule has 0 amide bonds. The first-order valence-corrected chi connectivity index (χ1v) is 7.35. The summed E-state index contributed by atoms with van der Waals surface area (Å²) < 4.78 is 0. The summed E-state index contributed by atoms with van der Waals surface area (Å²) in [5.41, 5.74) is 0.562. The van der Waals surface area contributed by atoms with E-state index in [9.17, 15) is 0 Å². The van der Waals surface area contributed by atoms with Crippen molar-refractivity contribution < 1.29 is 0 Å². The van der Waals surface area contributed by atoms with Gasteiger partial charge in [-0.3, -0.25) is 4.90 Å². The fourth-order valence-electron chi connectivity index (χ4n) is 3.86. The van der Waals surface area contributed by atoms with Crippen molar-refractivity contribution in [2.24, 2.45) is 5.92 Å². The van der Waals surface area contributed by atoms with Gasteiger partial charge in [0, 0.05) is 31.7 Å². The van der Waals surface area contributed by atoms with Crippen LogP contribution in [0.25, 0.3) is 0 Å². The Hall–Kier alpha value is 0.210. The molecule has 0 atom stereocenters. The first kappa shape index (κ1) is 13.6. The van der Waals surface area contributed by atoms with Crippen molar-refractivity contribution in [1.29, 1.82) is 0 Å². The predicted molar refractivity (Wildman–Crippen MR) is 74.8 cm³/mol. The van der Waals surface area contributed by atoms with Crippen LogP contribution in [0.2, 0.25) is 0 Å². The van der Waals surface area contributed by atoms with Crippen molar-refractivity contribution in [3.63, 3.8) is 0 Å². The van der Waals surface area contributed by atoms with Gasteiger partial charge in [-0.05, 0) is 31.6 Å². The zero-order chi connectivity index (χ0) is 10.8. The molecule has 2 saturated carbocycles. The van der Waals surface area contributed by atoms with Gasteiger partial charge in [0.05, 0.1) is 0 Å². The second-order valence-electron chi connectivity index (χ2n) is 6.20. The third-order valence-electron chi connectivity index (χ3n) is 5.17. The number of hydrogen-bond acceptors (Lipinski definition) is 2. The topological polar surface area (TPSA) is 15.3 Å². The van der Waals surface area contributed by atoms with Crippen LogP contribution in [0.15, 0.2) is 0 Å². The summed E-state index contributed by atoms with van der Waals surface area (Å²) in [5, 5.41) is 3.64. The monoisotopic (exact) mass is 258 g/mol. The summed E-state index contributed by atoms with van der Waals surface area (Å²) in [4.78, 5) is 2.87. The zero-order valence-electron chi connectivity index (χ0n) is 10.9. The molecule has 0 aromatic heterocycles. The van der Waals surface area contributed by atoms with Crippen molar-refractivity contribution in [3.05, 3.63) is 0 Å². The molecule has 2 nitrogen and oxygen atoms in total. The van der Waals surface area contributed by atoms with Crippen molar-refractivity contribution in [3.8, 4) is 0 Å². The summed E-state index contributed by atoms with van der Waals surface area (Å²) in [7, 11) is 0. The largest absolute Gasteiger partial charge is 0.314 e. The highest BCUT2D eigenvalue weighted by atomic mass is 35.5. The molecule has 1 spiro atoms. The fraction of sp³-hybridized carbons (Fsp3) is 1.00. The lowest BCUT2D eigenvalue weighted by Crippen LogP contribution is -2.63. The summed E-state index contributed by atoms with van der Waals surface area (Å²) in [6.07, 6.45) is 11.8. The molecule has 1 N–H and O–H groups in total. The molecule has 2 aliphatic carbocycles. The normalized spacial score (nSPS) is 29.6. The van der Waals surface area contributed by atoms with E-state index < -0.39 is 0 Å². The Labute approximate surface area is 112 Å². The highest BCUT2D eigenvalue weighted by Gasteiger charge is 2.40. The highest BCUT2D eigenvalue weighted by molar-refractivity contribution is 5.85. The van der Waals surface area contributed by atoms with E-state index in [1.807, 2.05) is 0 Å². The van der Waals surface area contributed by atoms with Gasteiger partial charge in [-0.1, -0.05) is 25.7 Å². The van der Waals surface area contributed by atoms with E-state index in [-0.39, 0.29) is 12.4 Å². The molecule has 0 bridgehead atoms. The van der Waals surface area contributed by atoms with Crippen LogP contribution in [-0.4, -0.2) is 36.6 Å². The lowest BCUT2D eigenvalue weighted by atomic mass is 9.77. The smallest absolute Gasteiger partial charge is 0.0334 e. The third kappa shape index (κ3) is 2.80. The van der Waals surface area contributed by atoms with E-state index in [4.69, 9.17) is 0 Å². The van der Waals surface area contributed by atoms with Gasteiger partial charge in [0.2, 0.25) is 0 Å². The summed E-state index contributed by atoms with van der Waals surface area (Å²) >= 11 is 0. The molecule has 3 aliphatic rings. The van der Waals surface area contributed by atoms with Crippen LogP contribution in [0.3, 0.4) is 0 Å². The molecule has 0 unspecified atom stereocenters. The fourth-order valence-corrected chi connectivity index (χ4v) is 3.86. The van der Waals surface area contributed by atoms with E-state index >= 15 is 0 Å². The molecule has 3 rings (SSSR count). The molecule has 1 heterocycles. The number of nitrogens with zero attached hydrogens (tertiary/aromatic N) is 1. The van der Waals surface area contributed by atoms with Gasteiger partial charge in [0.25, 0.3) is 0 Å². The Balaban J connectivity index is 0.00000108. The molecule has 1 aliphatic heterocycles. The molecule has 100 valence electrons. The Bertz CT molecular complexity index is 226. The quantitative estimate of drug-likeness (QED) is 0.820. The maximum Gasteiger partial charge on any atom is 0.0334 e. The first-order valence-electron chi connectivity index (χ1n) is 7.35. The van der Waals surface area contributed by atoms with E-state index in [0.717, 1.165) is 5.92 Å². The summed E-state index contributed by atoms with van der Waals surface area (Å²) in [5.74, 6) is 1.04. The summed E-state index contributed by atoms with van der Waals surface area (Å²) in [6, 6.07) is 0. The molecule has 3 heteroatoms. The Morgan fingerprint density at radius 1 is 1.06 bits per heavy atom.